The number of carboxylic acid groups (broad SMARTS) is 1. The lowest BCUT2D eigenvalue weighted by molar-refractivity contribution is -0.428. The highest BCUT2D eigenvalue weighted by atomic mass is 79.9. The van der Waals surface area contributed by atoms with Crippen molar-refractivity contribution in [2.45, 2.75) is 25.3 Å². The predicted octanol–water partition coefficient (Wildman–Crippen LogP) is 0.652. The second-order valence-electron chi connectivity index (χ2n) is 3.51. The van der Waals surface area contributed by atoms with Crippen LogP contribution >= 0.6 is 15.9 Å². The molecule has 0 fully saturated rings. The number of rotatable bonds is 5. The molecule has 4 heteroatoms. The maximum Gasteiger partial charge on any atom is 0.110 e. The first kappa shape index (κ1) is 12.2. The Hall–Kier alpha value is -0.870. The highest BCUT2D eigenvalue weighted by molar-refractivity contribution is 9.10. The van der Waals surface area contributed by atoms with Crippen molar-refractivity contribution in [3.05, 3.63) is 34.3 Å². The van der Waals surface area contributed by atoms with Crippen molar-refractivity contribution in [2.75, 3.05) is 0 Å². The van der Waals surface area contributed by atoms with E-state index in [0.29, 0.717) is 6.42 Å². The summed E-state index contributed by atoms with van der Waals surface area (Å²) in [5, 5.41) is 10.2. The van der Waals surface area contributed by atoms with Crippen molar-refractivity contribution in [1.82, 2.24) is 0 Å². The van der Waals surface area contributed by atoms with Gasteiger partial charge in [-0.15, -0.1) is 0 Å². The summed E-state index contributed by atoms with van der Waals surface area (Å²) < 4.78 is 1.04. The van der Waals surface area contributed by atoms with Gasteiger partial charge in [0.05, 0.1) is 0 Å². The second kappa shape index (κ2) is 5.88. The highest BCUT2D eigenvalue weighted by Crippen LogP contribution is 2.17. The molecule has 0 aliphatic rings. The number of carbonyl (C=O) groups excluding carboxylic acids is 1. The monoisotopic (exact) mass is 271 g/mol. The van der Waals surface area contributed by atoms with E-state index in [1.54, 1.807) is 0 Å². The molecule has 0 aliphatic heterocycles. The average molecular weight is 272 g/mol. The summed E-state index contributed by atoms with van der Waals surface area (Å²) in [5.74, 6) is -0.988. The zero-order chi connectivity index (χ0) is 11.3. The molecule has 0 saturated heterocycles. The van der Waals surface area contributed by atoms with Gasteiger partial charge in [0.2, 0.25) is 0 Å². The number of aliphatic carboxylic acids is 1. The van der Waals surface area contributed by atoms with Gasteiger partial charge in [0.1, 0.15) is 6.04 Å². The molecular formula is C11H14BrNO2. The summed E-state index contributed by atoms with van der Waals surface area (Å²) in [6.45, 7) is 0. The predicted molar refractivity (Wildman–Crippen MR) is 58.6 cm³/mol. The summed E-state index contributed by atoms with van der Waals surface area (Å²) in [5.41, 5.74) is 5.14. The van der Waals surface area contributed by atoms with Crippen molar-refractivity contribution in [3.63, 3.8) is 0 Å². The molecule has 0 aromatic heterocycles. The van der Waals surface area contributed by atoms with Crippen LogP contribution in [0.15, 0.2) is 28.7 Å². The third-order valence-corrected chi connectivity index (χ3v) is 2.80. The Labute approximate surface area is 97.4 Å². The third kappa shape index (κ3) is 4.44. The van der Waals surface area contributed by atoms with E-state index in [1.165, 1.54) is 0 Å². The minimum Gasteiger partial charge on any atom is -0.550 e. The standard InChI is InChI=1S/C11H14BrNO2/c12-9-6-4-8(5-7-9)10(13)2-1-3-11(14)15/h4-7,10H,1-3,13H2,(H,14,15)/t10-/m1/s1. The van der Waals surface area contributed by atoms with Crippen molar-refractivity contribution in [3.8, 4) is 0 Å². The summed E-state index contributed by atoms with van der Waals surface area (Å²) >= 11 is 3.36. The highest BCUT2D eigenvalue weighted by Gasteiger charge is 2.08. The summed E-state index contributed by atoms with van der Waals surface area (Å²) in [4.78, 5) is 10.2. The van der Waals surface area contributed by atoms with E-state index >= 15 is 0 Å². The summed E-state index contributed by atoms with van der Waals surface area (Å²) in [6, 6.07) is 8.08. The Kier molecular flexibility index (Phi) is 4.78. The molecule has 0 unspecified atom stereocenters. The van der Waals surface area contributed by atoms with E-state index < -0.39 is 5.97 Å². The Morgan fingerprint density at radius 1 is 1.40 bits per heavy atom. The van der Waals surface area contributed by atoms with Crippen LogP contribution in [-0.2, 0) is 4.79 Å². The molecule has 0 amide bonds. The van der Waals surface area contributed by atoms with E-state index in [1.807, 2.05) is 24.3 Å². The second-order valence-corrected chi connectivity index (χ2v) is 4.43. The van der Waals surface area contributed by atoms with Crippen LogP contribution in [0.25, 0.3) is 0 Å². The fourth-order valence-corrected chi connectivity index (χ4v) is 1.66. The van der Waals surface area contributed by atoms with Crippen LogP contribution < -0.4 is 10.8 Å². The van der Waals surface area contributed by atoms with Gasteiger partial charge in [-0.2, -0.15) is 0 Å². The van der Waals surface area contributed by atoms with Crippen LogP contribution in [0, 0.1) is 0 Å². The van der Waals surface area contributed by atoms with Crippen molar-refractivity contribution in [1.29, 1.82) is 0 Å². The van der Waals surface area contributed by atoms with Gasteiger partial charge < -0.3 is 15.6 Å². The number of carbonyl (C=O) groups is 1. The van der Waals surface area contributed by atoms with Gasteiger partial charge in [-0.05, 0) is 25.0 Å². The fourth-order valence-electron chi connectivity index (χ4n) is 1.39. The van der Waals surface area contributed by atoms with E-state index in [0.717, 1.165) is 16.5 Å². The van der Waals surface area contributed by atoms with Gasteiger partial charge in [-0.1, -0.05) is 28.1 Å². The molecular weight excluding hydrogens is 258 g/mol. The number of halogens is 1. The molecule has 1 rings (SSSR count). The van der Waals surface area contributed by atoms with E-state index in [9.17, 15) is 9.90 Å². The first-order chi connectivity index (χ1) is 7.09. The third-order valence-electron chi connectivity index (χ3n) is 2.27. The molecule has 1 atom stereocenters. The molecule has 0 heterocycles. The molecule has 0 bridgehead atoms. The lowest BCUT2D eigenvalue weighted by Crippen LogP contribution is -2.53. The van der Waals surface area contributed by atoms with Crippen molar-refractivity contribution < 1.29 is 15.6 Å². The number of carboxylic acids is 1. The van der Waals surface area contributed by atoms with Crippen LogP contribution in [0.3, 0.4) is 0 Å². The lowest BCUT2D eigenvalue weighted by atomic mass is 10.0. The van der Waals surface area contributed by atoms with Gasteiger partial charge in [0.15, 0.2) is 0 Å². The normalized spacial score (nSPS) is 12.4. The van der Waals surface area contributed by atoms with Crippen LogP contribution in [0.5, 0.6) is 0 Å². The van der Waals surface area contributed by atoms with Gasteiger partial charge in [0.25, 0.3) is 0 Å². The largest absolute Gasteiger partial charge is 0.550 e. The Morgan fingerprint density at radius 2 is 2.00 bits per heavy atom. The zero-order valence-electron chi connectivity index (χ0n) is 8.41. The maximum absolute atomic E-state index is 10.2. The summed E-state index contributed by atoms with van der Waals surface area (Å²) in [6.07, 6.45) is 1.50. The minimum atomic E-state index is -0.988. The lowest BCUT2D eigenvalue weighted by Gasteiger charge is -2.09. The molecule has 1 aromatic carbocycles. The van der Waals surface area contributed by atoms with Gasteiger partial charge in [-0.25, -0.2) is 0 Å². The van der Waals surface area contributed by atoms with Crippen LogP contribution in [-0.4, -0.2) is 5.97 Å². The topological polar surface area (TPSA) is 67.8 Å². The van der Waals surface area contributed by atoms with E-state index in [4.69, 9.17) is 0 Å². The molecule has 3 nitrogen and oxygen atoms in total. The van der Waals surface area contributed by atoms with Gasteiger partial charge >= 0.3 is 0 Å². The number of benzene rings is 1. The molecule has 1 aromatic rings. The van der Waals surface area contributed by atoms with Crippen molar-refractivity contribution >= 4 is 21.9 Å². The van der Waals surface area contributed by atoms with Gasteiger partial charge in [-0.3, -0.25) is 0 Å². The summed E-state index contributed by atoms with van der Waals surface area (Å²) in [7, 11) is 0. The molecule has 0 spiro atoms. The maximum atomic E-state index is 10.2. The molecule has 0 saturated carbocycles. The van der Waals surface area contributed by atoms with Crippen LogP contribution in [0.4, 0.5) is 0 Å². The molecule has 82 valence electrons. The average Bonchev–Trinajstić information content (AvgIpc) is 2.18. The first-order valence-corrected chi connectivity index (χ1v) is 5.67. The van der Waals surface area contributed by atoms with Crippen molar-refractivity contribution in [2.24, 2.45) is 0 Å². The molecule has 15 heavy (non-hydrogen) atoms. The van der Waals surface area contributed by atoms with Crippen LogP contribution in [0.2, 0.25) is 0 Å². The Balaban J connectivity index is 2.43. The van der Waals surface area contributed by atoms with E-state index in [2.05, 4.69) is 21.7 Å². The SMILES string of the molecule is [NH3+][C@H](CCCC(=O)[O-])c1ccc(Br)cc1. The van der Waals surface area contributed by atoms with Crippen LogP contribution in [0.1, 0.15) is 30.9 Å². The minimum absolute atomic E-state index is 0.114. The fraction of sp³-hybridized carbons (Fsp3) is 0.364. The quantitative estimate of drug-likeness (QED) is 0.855. The number of hydrogen-bond donors (Lipinski definition) is 1. The van der Waals surface area contributed by atoms with Gasteiger partial charge in [0, 0.05) is 22.4 Å². The van der Waals surface area contributed by atoms with E-state index in [-0.39, 0.29) is 12.5 Å². The zero-order valence-corrected chi connectivity index (χ0v) is 10.00. The Morgan fingerprint density at radius 3 is 2.53 bits per heavy atom. The molecule has 0 radical (unpaired) electrons. The Bertz CT molecular complexity index is 324. The first-order valence-electron chi connectivity index (χ1n) is 4.88. The number of quaternary nitrogens is 1. The smallest absolute Gasteiger partial charge is 0.110 e. The number of hydrogen-bond acceptors (Lipinski definition) is 2. The molecule has 0 aliphatic carbocycles. The molecule has 3 N–H and O–H groups in total.